The zero-order valence-electron chi connectivity index (χ0n) is 13.5. The summed E-state index contributed by atoms with van der Waals surface area (Å²) in [7, 11) is 1.59. The Labute approximate surface area is 136 Å². The predicted octanol–water partition coefficient (Wildman–Crippen LogP) is 4.03. The van der Waals surface area contributed by atoms with Gasteiger partial charge in [0, 0.05) is 0 Å². The van der Waals surface area contributed by atoms with Crippen molar-refractivity contribution in [1.29, 1.82) is 0 Å². The zero-order chi connectivity index (χ0) is 16.7. The van der Waals surface area contributed by atoms with Gasteiger partial charge in [-0.1, -0.05) is 24.3 Å². The Bertz CT molecular complexity index is 634. The van der Waals surface area contributed by atoms with Crippen LogP contribution in [0, 0.1) is 6.92 Å². The number of aryl methyl sites for hydroxylation is 1. The molecule has 23 heavy (non-hydrogen) atoms. The average molecular weight is 314 g/mol. The lowest BCUT2D eigenvalue weighted by atomic mass is 9.94. The van der Waals surface area contributed by atoms with Crippen LogP contribution in [0.3, 0.4) is 0 Å². The normalized spacial score (nSPS) is 11.7. The number of carboxylic acids is 1. The molecule has 0 amide bonds. The van der Waals surface area contributed by atoms with Crippen LogP contribution in [0.15, 0.2) is 48.5 Å². The molecule has 0 aliphatic carbocycles. The van der Waals surface area contributed by atoms with E-state index < -0.39 is 11.9 Å². The molecular weight excluding hydrogens is 292 g/mol. The summed E-state index contributed by atoms with van der Waals surface area (Å²) in [5.74, 6) is 0.203. The summed E-state index contributed by atoms with van der Waals surface area (Å²) in [4.78, 5) is 11.5. The molecule has 1 atom stereocenters. The second-order valence-corrected chi connectivity index (χ2v) is 5.47. The highest BCUT2D eigenvalue weighted by molar-refractivity contribution is 5.76. The topological polar surface area (TPSA) is 55.8 Å². The highest BCUT2D eigenvalue weighted by Crippen LogP contribution is 2.24. The van der Waals surface area contributed by atoms with Crippen LogP contribution in [0.1, 0.15) is 29.9 Å². The third kappa shape index (κ3) is 5.02. The maximum Gasteiger partial charge on any atom is 0.310 e. The second kappa shape index (κ2) is 8.22. The predicted molar refractivity (Wildman–Crippen MR) is 89.3 cm³/mol. The molecule has 1 unspecified atom stereocenters. The summed E-state index contributed by atoms with van der Waals surface area (Å²) < 4.78 is 10.8. The minimum absolute atomic E-state index is 0.503. The first-order chi connectivity index (χ1) is 11.1. The van der Waals surface area contributed by atoms with Crippen LogP contribution in [0.2, 0.25) is 0 Å². The molecular formula is C19H22O4. The van der Waals surface area contributed by atoms with Crippen molar-refractivity contribution in [2.75, 3.05) is 13.7 Å². The molecule has 4 heteroatoms. The summed E-state index contributed by atoms with van der Waals surface area (Å²) in [6, 6.07) is 15.0. The number of aliphatic carboxylic acids is 1. The Balaban J connectivity index is 1.88. The summed E-state index contributed by atoms with van der Waals surface area (Å²) in [5, 5.41) is 9.43. The van der Waals surface area contributed by atoms with Crippen molar-refractivity contribution in [2.45, 2.75) is 25.7 Å². The highest BCUT2D eigenvalue weighted by Gasteiger charge is 2.19. The molecule has 0 aliphatic heterocycles. The van der Waals surface area contributed by atoms with Crippen LogP contribution in [-0.2, 0) is 4.79 Å². The molecule has 0 aliphatic rings. The first-order valence-electron chi connectivity index (χ1n) is 7.66. The lowest BCUT2D eigenvalue weighted by Gasteiger charge is -2.14. The van der Waals surface area contributed by atoms with Crippen molar-refractivity contribution >= 4 is 5.97 Å². The van der Waals surface area contributed by atoms with Gasteiger partial charge in [-0.15, -0.1) is 0 Å². The summed E-state index contributed by atoms with van der Waals surface area (Å²) in [6.07, 6.45) is 1.21. The van der Waals surface area contributed by atoms with E-state index >= 15 is 0 Å². The van der Waals surface area contributed by atoms with E-state index in [-0.39, 0.29) is 0 Å². The van der Waals surface area contributed by atoms with Crippen LogP contribution < -0.4 is 9.47 Å². The van der Waals surface area contributed by atoms with Gasteiger partial charge in [0.25, 0.3) is 0 Å². The van der Waals surface area contributed by atoms with Crippen molar-refractivity contribution in [2.24, 2.45) is 0 Å². The largest absolute Gasteiger partial charge is 0.497 e. The number of methoxy groups -OCH3 is 1. The van der Waals surface area contributed by atoms with E-state index in [9.17, 15) is 9.90 Å². The molecule has 0 fully saturated rings. The molecule has 4 nitrogen and oxygen atoms in total. The van der Waals surface area contributed by atoms with Gasteiger partial charge >= 0.3 is 5.97 Å². The van der Waals surface area contributed by atoms with Crippen molar-refractivity contribution < 1.29 is 19.4 Å². The molecule has 0 spiro atoms. The van der Waals surface area contributed by atoms with Gasteiger partial charge in [0.05, 0.1) is 19.6 Å². The van der Waals surface area contributed by atoms with Crippen molar-refractivity contribution in [3.05, 3.63) is 59.7 Å². The molecule has 2 rings (SSSR count). The van der Waals surface area contributed by atoms with Gasteiger partial charge in [0.2, 0.25) is 0 Å². The fraction of sp³-hybridized carbons (Fsp3) is 0.316. The average Bonchev–Trinajstić information content (AvgIpc) is 2.55. The quantitative estimate of drug-likeness (QED) is 0.747. The van der Waals surface area contributed by atoms with Gasteiger partial charge in [-0.25, -0.2) is 0 Å². The molecule has 0 heterocycles. The first-order valence-corrected chi connectivity index (χ1v) is 7.66. The van der Waals surface area contributed by atoms with Gasteiger partial charge in [0.15, 0.2) is 0 Å². The standard InChI is InChI=1S/C19H22O4/c1-14-5-3-6-17(13-14)23-12-4-7-18(19(20)21)15-8-10-16(22-2)11-9-15/h3,5-6,8-11,13,18H,4,7,12H2,1-2H3,(H,20,21). The lowest BCUT2D eigenvalue weighted by molar-refractivity contribution is -0.139. The Hall–Kier alpha value is -2.49. The summed E-state index contributed by atoms with van der Waals surface area (Å²) in [6.45, 7) is 2.51. The minimum Gasteiger partial charge on any atom is -0.497 e. The van der Waals surface area contributed by atoms with Crippen molar-refractivity contribution in [1.82, 2.24) is 0 Å². The van der Waals surface area contributed by atoms with E-state index in [0.29, 0.717) is 19.4 Å². The van der Waals surface area contributed by atoms with Crippen LogP contribution in [-0.4, -0.2) is 24.8 Å². The van der Waals surface area contributed by atoms with E-state index in [4.69, 9.17) is 9.47 Å². The van der Waals surface area contributed by atoms with Crippen molar-refractivity contribution in [3.63, 3.8) is 0 Å². The minimum atomic E-state index is -0.814. The third-order valence-corrected chi connectivity index (χ3v) is 3.71. The maximum atomic E-state index is 11.5. The Morgan fingerprint density at radius 1 is 1.13 bits per heavy atom. The molecule has 0 bridgehead atoms. The van der Waals surface area contributed by atoms with Crippen LogP contribution in [0.5, 0.6) is 11.5 Å². The first kappa shape index (κ1) is 16.9. The van der Waals surface area contributed by atoms with Gasteiger partial charge < -0.3 is 14.6 Å². The molecule has 2 aromatic carbocycles. The number of benzene rings is 2. The van der Waals surface area contributed by atoms with Crippen LogP contribution in [0.4, 0.5) is 0 Å². The molecule has 0 aromatic heterocycles. The number of rotatable bonds is 8. The molecule has 2 aromatic rings. The third-order valence-electron chi connectivity index (χ3n) is 3.71. The van der Waals surface area contributed by atoms with Gasteiger partial charge in [-0.05, 0) is 55.2 Å². The fourth-order valence-electron chi connectivity index (χ4n) is 2.45. The molecule has 122 valence electrons. The number of hydrogen-bond donors (Lipinski definition) is 1. The fourth-order valence-corrected chi connectivity index (χ4v) is 2.45. The number of carbonyl (C=O) groups is 1. The van der Waals surface area contributed by atoms with Gasteiger partial charge in [0.1, 0.15) is 11.5 Å². The summed E-state index contributed by atoms with van der Waals surface area (Å²) >= 11 is 0. The molecule has 0 radical (unpaired) electrons. The number of carboxylic acid groups (broad SMARTS) is 1. The van der Waals surface area contributed by atoms with Gasteiger partial charge in [-0.3, -0.25) is 4.79 Å². The van der Waals surface area contributed by atoms with Crippen LogP contribution in [0.25, 0.3) is 0 Å². The Morgan fingerprint density at radius 3 is 2.48 bits per heavy atom. The number of ether oxygens (including phenoxy) is 2. The highest BCUT2D eigenvalue weighted by atomic mass is 16.5. The zero-order valence-corrected chi connectivity index (χ0v) is 13.5. The molecule has 1 N–H and O–H groups in total. The van der Waals surface area contributed by atoms with Crippen molar-refractivity contribution in [3.8, 4) is 11.5 Å². The van der Waals surface area contributed by atoms with E-state index in [1.165, 1.54) is 0 Å². The van der Waals surface area contributed by atoms with Crippen LogP contribution >= 0.6 is 0 Å². The van der Waals surface area contributed by atoms with Gasteiger partial charge in [-0.2, -0.15) is 0 Å². The smallest absolute Gasteiger partial charge is 0.310 e. The van der Waals surface area contributed by atoms with E-state index in [2.05, 4.69) is 0 Å². The second-order valence-electron chi connectivity index (χ2n) is 5.47. The Morgan fingerprint density at radius 2 is 1.87 bits per heavy atom. The molecule has 0 saturated carbocycles. The Kier molecular flexibility index (Phi) is 6.03. The SMILES string of the molecule is COc1ccc(C(CCCOc2cccc(C)c2)C(=O)O)cc1. The molecule has 0 saturated heterocycles. The monoisotopic (exact) mass is 314 g/mol. The number of hydrogen-bond acceptors (Lipinski definition) is 3. The van der Waals surface area contributed by atoms with E-state index in [1.54, 1.807) is 31.4 Å². The lowest BCUT2D eigenvalue weighted by Crippen LogP contribution is -2.13. The van der Waals surface area contributed by atoms with E-state index in [0.717, 1.165) is 22.6 Å². The summed E-state index contributed by atoms with van der Waals surface area (Å²) in [5.41, 5.74) is 1.93. The van der Waals surface area contributed by atoms with E-state index in [1.807, 2.05) is 31.2 Å². The maximum absolute atomic E-state index is 11.5.